The van der Waals surface area contributed by atoms with Crippen LogP contribution in [0.5, 0.6) is 0 Å². The maximum atomic E-state index is 6.14. The van der Waals surface area contributed by atoms with Gasteiger partial charge in [0.05, 0.1) is 11.0 Å². The van der Waals surface area contributed by atoms with Crippen LogP contribution in [0.1, 0.15) is 18.9 Å². The number of aryl methyl sites for hydroxylation is 1. The average molecular weight is 570 g/mol. The molecule has 0 fully saturated rings. The molecule has 0 spiro atoms. The molecule has 0 aliphatic carbocycles. The third-order valence-corrected chi connectivity index (χ3v) is 8.32. The Hall–Kier alpha value is -5.61. The molecule has 0 amide bonds. The van der Waals surface area contributed by atoms with Gasteiger partial charge in [-0.15, -0.1) is 0 Å². The summed E-state index contributed by atoms with van der Waals surface area (Å²) in [7, 11) is 0. The lowest BCUT2D eigenvalue weighted by atomic mass is 10.1. The van der Waals surface area contributed by atoms with Crippen molar-refractivity contribution in [3.8, 4) is 17.1 Å². The average Bonchev–Trinajstić information content (AvgIpc) is 3.66. The summed E-state index contributed by atoms with van der Waals surface area (Å²) >= 11 is 0. The second-order valence-electron chi connectivity index (χ2n) is 11.2. The van der Waals surface area contributed by atoms with E-state index in [0.29, 0.717) is 5.89 Å². The maximum absolute atomic E-state index is 6.14. The van der Waals surface area contributed by atoms with Gasteiger partial charge >= 0.3 is 0 Å². The lowest BCUT2D eigenvalue weighted by Gasteiger charge is -2.26. The molecule has 4 nitrogen and oxygen atoms in total. The molecule has 6 aromatic carbocycles. The van der Waals surface area contributed by atoms with E-state index >= 15 is 0 Å². The number of hydrogen-bond acceptors (Lipinski definition) is 3. The van der Waals surface area contributed by atoms with Crippen LogP contribution in [0.25, 0.3) is 50.0 Å². The third-order valence-electron chi connectivity index (χ3n) is 8.32. The number of benzene rings is 6. The van der Waals surface area contributed by atoms with Crippen LogP contribution in [0, 0.1) is 0 Å². The summed E-state index contributed by atoms with van der Waals surface area (Å²) in [5.74, 6) is 0.641. The molecule has 0 atom stereocenters. The quantitative estimate of drug-likeness (QED) is 0.191. The Bertz CT molecular complexity index is 2170. The Morgan fingerprint density at radius 1 is 0.614 bits per heavy atom. The highest BCUT2D eigenvalue weighted by molar-refractivity contribution is 6.09. The van der Waals surface area contributed by atoms with Crippen molar-refractivity contribution in [2.45, 2.75) is 19.8 Å². The van der Waals surface area contributed by atoms with Crippen LogP contribution >= 0.6 is 0 Å². The SMILES string of the molecule is CCCc1ccc2oc(-c3ccc(N(c4ccccc4)c4ccc(-n5c6ccccc6c6ccccc65)cc4)cc3)nc2c1. The number of nitrogens with zero attached hydrogens (tertiary/aromatic N) is 3. The molecular formula is C40H31N3O. The Morgan fingerprint density at radius 3 is 1.86 bits per heavy atom. The van der Waals surface area contributed by atoms with E-state index in [4.69, 9.17) is 9.40 Å². The van der Waals surface area contributed by atoms with Gasteiger partial charge in [-0.1, -0.05) is 74.0 Å². The molecule has 44 heavy (non-hydrogen) atoms. The smallest absolute Gasteiger partial charge is 0.227 e. The lowest BCUT2D eigenvalue weighted by molar-refractivity contribution is 0.620. The first-order valence-electron chi connectivity index (χ1n) is 15.2. The van der Waals surface area contributed by atoms with Crippen LogP contribution in [0.4, 0.5) is 17.1 Å². The van der Waals surface area contributed by atoms with Crippen molar-refractivity contribution in [1.82, 2.24) is 9.55 Å². The molecule has 212 valence electrons. The molecule has 0 radical (unpaired) electrons. The van der Waals surface area contributed by atoms with E-state index in [9.17, 15) is 0 Å². The molecule has 0 aliphatic rings. The van der Waals surface area contributed by atoms with Gasteiger partial charge < -0.3 is 13.9 Å². The van der Waals surface area contributed by atoms with E-state index in [1.165, 1.54) is 27.4 Å². The Balaban J connectivity index is 1.17. The first-order chi connectivity index (χ1) is 21.8. The van der Waals surface area contributed by atoms with E-state index in [2.05, 4.69) is 156 Å². The zero-order valence-corrected chi connectivity index (χ0v) is 24.5. The summed E-state index contributed by atoms with van der Waals surface area (Å²) in [5, 5.41) is 2.53. The monoisotopic (exact) mass is 569 g/mol. The largest absolute Gasteiger partial charge is 0.436 e. The van der Waals surface area contributed by atoms with Crippen molar-refractivity contribution < 1.29 is 4.42 Å². The molecule has 8 aromatic rings. The Morgan fingerprint density at radius 2 is 1.20 bits per heavy atom. The van der Waals surface area contributed by atoms with E-state index in [1.54, 1.807) is 0 Å². The van der Waals surface area contributed by atoms with Crippen LogP contribution in [0.2, 0.25) is 0 Å². The number of hydrogen-bond donors (Lipinski definition) is 0. The maximum Gasteiger partial charge on any atom is 0.227 e. The minimum Gasteiger partial charge on any atom is -0.436 e. The zero-order valence-electron chi connectivity index (χ0n) is 24.5. The molecule has 8 rings (SSSR count). The van der Waals surface area contributed by atoms with Crippen molar-refractivity contribution in [3.63, 3.8) is 0 Å². The predicted molar refractivity (Wildman–Crippen MR) is 182 cm³/mol. The molecular weight excluding hydrogens is 538 g/mol. The zero-order chi connectivity index (χ0) is 29.5. The first-order valence-corrected chi connectivity index (χ1v) is 15.2. The van der Waals surface area contributed by atoms with E-state index in [1.807, 2.05) is 6.07 Å². The summed E-state index contributed by atoms with van der Waals surface area (Å²) in [4.78, 5) is 7.09. The van der Waals surface area contributed by atoms with Gasteiger partial charge in [-0.2, -0.15) is 0 Å². The molecule has 0 unspecified atom stereocenters. The summed E-state index contributed by atoms with van der Waals surface area (Å²) in [6, 6.07) is 51.3. The van der Waals surface area contributed by atoms with E-state index in [-0.39, 0.29) is 0 Å². The summed E-state index contributed by atoms with van der Waals surface area (Å²) in [5.41, 5.74) is 10.7. The van der Waals surface area contributed by atoms with Crippen molar-refractivity contribution in [1.29, 1.82) is 0 Å². The second kappa shape index (κ2) is 10.9. The fraction of sp³-hybridized carbons (Fsp3) is 0.0750. The normalized spacial score (nSPS) is 11.5. The van der Waals surface area contributed by atoms with Gasteiger partial charge in [0.1, 0.15) is 5.52 Å². The van der Waals surface area contributed by atoms with Crippen LogP contribution in [-0.4, -0.2) is 9.55 Å². The van der Waals surface area contributed by atoms with Gasteiger partial charge in [0.2, 0.25) is 5.89 Å². The van der Waals surface area contributed by atoms with Crippen molar-refractivity contribution in [3.05, 3.63) is 151 Å². The molecule has 0 saturated carbocycles. The van der Waals surface area contributed by atoms with Crippen molar-refractivity contribution >= 4 is 50.0 Å². The molecule has 0 bridgehead atoms. The molecule has 0 aliphatic heterocycles. The number of fused-ring (bicyclic) bond motifs is 4. The highest BCUT2D eigenvalue weighted by Crippen LogP contribution is 2.37. The van der Waals surface area contributed by atoms with Crippen molar-refractivity contribution in [2.24, 2.45) is 0 Å². The van der Waals surface area contributed by atoms with Gasteiger partial charge in [-0.25, -0.2) is 4.98 Å². The minimum atomic E-state index is 0.641. The Kier molecular flexibility index (Phi) is 6.45. The molecule has 0 saturated heterocycles. The summed E-state index contributed by atoms with van der Waals surface area (Å²) in [6.07, 6.45) is 2.15. The summed E-state index contributed by atoms with van der Waals surface area (Å²) in [6.45, 7) is 2.19. The molecule has 4 heteroatoms. The van der Waals surface area contributed by atoms with Gasteiger partial charge in [0.15, 0.2) is 5.58 Å². The second-order valence-corrected chi connectivity index (χ2v) is 11.2. The fourth-order valence-corrected chi connectivity index (χ4v) is 6.27. The number of anilines is 3. The topological polar surface area (TPSA) is 34.2 Å². The van der Waals surface area contributed by atoms with Gasteiger partial charge in [-0.3, -0.25) is 0 Å². The third kappa shape index (κ3) is 4.52. The highest BCUT2D eigenvalue weighted by atomic mass is 16.3. The van der Waals surface area contributed by atoms with Gasteiger partial charge in [0, 0.05) is 39.1 Å². The molecule has 2 aromatic heterocycles. The van der Waals surface area contributed by atoms with Crippen LogP contribution in [0.3, 0.4) is 0 Å². The van der Waals surface area contributed by atoms with E-state index < -0.39 is 0 Å². The van der Waals surface area contributed by atoms with Crippen molar-refractivity contribution in [2.75, 3.05) is 4.90 Å². The van der Waals surface area contributed by atoms with Crippen LogP contribution in [0.15, 0.2) is 150 Å². The first kappa shape index (κ1) is 26.1. The standard InChI is InChI=1S/C40H31N3O/c1-2-10-28-17-26-39-36(27-28)41-40(44-39)29-18-20-31(21-19-29)42(30-11-4-3-5-12-30)32-22-24-33(25-23-32)43-37-15-8-6-13-34(37)35-14-7-9-16-38(35)43/h3-9,11-27H,2,10H2,1H3. The molecule has 0 N–H and O–H groups in total. The number of aromatic nitrogens is 2. The van der Waals surface area contributed by atoms with Crippen LogP contribution < -0.4 is 4.90 Å². The van der Waals surface area contributed by atoms with E-state index in [0.717, 1.165) is 52.3 Å². The minimum absolute atomic E-state index is 0.641. The number of oxazole rings is 1. The van der Waals surface area contributed by atoms with Crippen LogP contribution in [-0.2, 0) is 6.42 Å². The number of para-hydroxylation sites is 3. The van der Waals surface area contributed by atoms with Gasteiger partial charge in [0.25, 0.3) is 0 Å². The lowest BCUT2D eigenvalue weighted by Crippen LogP contribution is -2.10. The summed E-state index contributed by atoms with van der Waals surface area (Å²) < 4.78 is 8.49. The molecule has 2 heterocycles. The highest BCUT2D eigenvalue weighted by Gasteiger charge is 2.16. The Labute approximate surface area is 256 Å². The van der Waals surface area contributed by atoms with Gasteiger partial charge in [-0.05, 0) is 96.9 Å². The number of rotatable bonds is 7. The predicted octanol–water partition coefficient (Wildman–Crippen LogP) is 11.0. The fourth-order valence-electron chi connectivity index (χ4n) is 6.27.